The van der Waals surface area contributed by atoms with Crippen LogP contribution in [0.2, 0.25) is 0 Å². The van der Waals surface area contributed by atoms with Crippen LogP contribution in [0.1, 0.15) is 42.1 Å². The number of ketones is 1. The normalized spacial score (nSPS) is 18.1. The van der Waals surface area contributed by atoms with E-state index in [0.717, 1.165) is 70.2 Å². The van der Waals surface area contributed by atoms with Crippen molar-refractivity contribution in [1.82, 2.24) is 9.80 Å². The van der Waals surface area contributed by atoms with Crippen molar-refractivity contribution in [3.05, 3.63) is 83.9 Å². The molecule has 0 spiro atoms. The van der Waals surface area contributed by atoms with Crippen LogP contribution >= 0.6 is 11.3 Å². The van der Waals surface area contributed by atoms with Gasteiger partial charge in [-0.3, -0.25) is 14.6 Å². The fraction of sp³-hybridized carbons (Fsp3) is 0.364. The number of thiophene rings is 1. The summed E-state index contributed by atoms with van der Waals surface area (Å²) in [6.07, 6.45) is 3.84. The van der Waals surface area contributed by atoms with Gasteiger partial charge in [-0.1, -0.05) is 25.1 Å². The fourth-order valence-corrected chi connectivity index (χ4v) is 6.88. The molecule has 1 aromatic heterocycles. The van der Waals surface area contributed by atoms with Gasteiger partial charge in [0.1, 0.15) is 24.2 Å². The Morgan fingerprint density at radius 2 is 1.64 bits per heavy atom. The van der Waals surface area contributed by atoms with Gasteiger partial charge in [-0.2, -0.15) is 0 Å². The molecule has 2 aliphatic heterocycles. The molecule has 0 bridgehead atoms. The smallest absolute Gasteiger partial charge is 0.195 e. The molecule has 39 heavy (non-hydrogen) atoms. The van der Waals surface area contributed by atoms with Gasteiger partial charge < -0.3 is 9.47 Å². The maximum absolute atomic E-state index is 13.9. The highest BCUT2D eigenvalue weighted by atomic mass is 32.1. The first-order chi connectivity index (χ1) is 19.2. The van der Waals surface area contributed by atoms with E-state index >= 15 is 0 Å². The van der Waals surface area contributed by atoms with Crippen molar-refractivity contribution >= 4 is 27.2 Å². The molecular weight excluding hydrogens is 504 g/mol. The molecule has 4 aromatic rings. The molecule has 6 rings (SSSR count). The maximum Gasteiger partial charge on any atom is 0.195 e. The summed E-state index contributed by atoms with van der Waals surface area (Å²) in [6.45, 7) is 9.31. The molecule has 0 amide bonds. The molecule has 0 radical (unpaired) electrons. The summed E-state index contributed by atoms with van der Waals surface area (Å²) in [6, 6.07) is 24.0. The van der Waals surface area contributed by atoms with Gasteiger partial charge in [0.2, 0.25) is 0 Å². The van der Waals surface area contributed by atoms with Crippen LogP contribution in [-0.4, -0.2) is 67.6 Å². The fourth-order valence-electron chi connectivity index (χ4n) is 5.68. The number of likely N-dealkylation sites (tertiary alicyclic amines) is 2. The molecule has 2 saturated heterocycles. The summed E-state index contributed by atoms with van der Waals surface area (Å²) < 4.78 is 13.3. The number of likely N-dealkylation sites (N-methyl/N-ethyl adjacent to an activating group) is 1. The van der Waals surface area contributed by atoms with E-state index in [-0.39, 0.29) is 11.9 Å². The molecular formula is C33H36N2O3S. The SMILES string of the molecule is CCN1CCC(Oc2ccc(C(=O)c3c(-c4ccc(OCCN5CCCC5)cc4)sc4ccccc34)cc2)C1. The molecule has 2 aliphatic rings. The first-order valence-corrected chi connectivity index (χ1v) is 15.0. The van der Waals surface area contributed by atoms with Crippen molar-refractivity contribution < 1.29 is 14.3 Å². The summed E-state index contributed by atoms with van der Waals surface area (Å²) in [5.74, 6) is 1.73. The van der Waals surface area contributed by atoms with Crippen molar-refractivity contribution in [3.8, 4) is 21.9 Å². The van der Waals surface area contributed by atoms with Crippen LogP contribution in [0.25, 0.3) is 20.5 Å². The number of nitrogens with zero attached hydrogens (tertiary/aromatic N) is 2. The second-order valence-electron chi connectivity index (χ2n) is 10.5. The summed E-state index contributed by atoms with van der Waals surface area (Å²) >= 11 is 1.67. The third kappa shape index (κ3) is 5.88. The maximum atomic E-state index is 13.9. The number of carbonyl (C=O) groups excluding carboxylic acids is 1. The highest BCUT2D eigenvalue weighted by molar-refractivity contribution is 7.22. The lowest BCUT2D eigenvalue weighted by Gasteiger charge is -2.15. The van der Waals surface area contributed by atoms with Crippen LogP contribution in [-0.2, 0) is 0 Å². The monoisotopic (exact) mass is 540 g/mol. The van der Waals surface area contributed by atoms with E-state index in [4.69, 9.17) is 9.47 Å². The zero-order valence-electron chi connectivity index (χ0n) is 22.6. The summed E-state index contributed by atoms with van der Waals surface area (Å²) in [5.41, 5.74) is 2.48. The minimum Gasteiger partial charge on any atom is -0.492 e. The largest absolute Gasteiger partial charge is 0.492 e. The minimum atomic E-state index is 0.0398. The molecule has 0 N–H and O–H groups in total. The van der Waals surface area contributed by atoms with Crippen molar-refractivity contribution in [2.45, 2.75) is 32.3 Å². The predicted molar refractivity (Wildman–Crippen MR) is 159 cm³/mol. The van der Waals surface area contributed by atoms with Crippen molar-refractivity contribution in [2.75, 3.05) is 45.9 Å². The molecule has 0 saturated carbocycles. The molecule has 3 heterocycles. The van der Waals surface area contributed by atoms with E-state index in [2.05, 4.69) is 41.0 Å². The van der Waals surface area contributed by atoms with Crippen LogP contribution < -0.4 is 9.47 Å². The van der Waals surface area contributed by atoms with E-state index < -0.39 is 0 Å². The van der Waals surface area contributed by atoms with Gasteiger partial charge in [0, 0.05) is 45.7 Å². The highest BCUT2D eigenvalue weighted by Crippen LogP contribution is 2.40. The Morgan fingerprint density at radius 3 is 2.38 bits per heavy atom. The lowest BCUT2D eigenvalue weighted by atomic mass is 9.97. The Labute approximate surface area is 235 Å². The Bertz CT molecular complexity index is 1410. The number of hydrogen-bond donors (Lipinski definition) is 0. The Morgan fingerprint density at radius 1 is 0.897 bits per heavy atom. The summed E-state index contributed by atoms with van der Waals surface area (Å²) in [4.78, 5) is 19.8. The van der Waals surface area contributed by atoms with Gasteiger partial charge in [-0.15, -0.1) is 11.3 Å². The lowest BCUT2D eigenvalue weighted by molar-refractivity contribution is 0.104. The average Bonchev–Trinajstić information content (AvgIpc) is 3.74. The topological polar surface area (TPSA) is 42.0 Å². The van der Waals surface area contributed by atoms with Crippen molar-refractivity contribution in [3.63, 3.8) is 0 Å². The Kier molecular flexibility index (Phi) is 7.95. The number of benzene rings is 3. The van der Waals surface area contributed by atoms with Crippen LogP contribution in [0.4, 0.5) is 0 Å². The molecule has 2 fully saturated rings. The third-order valence-electron chi connectivity index (χ3n) is 7.91. The molecule has 1 unspecified atom stereocenters. The van der Waals surface area contributed by atoms with Gasteiger partial charge in [0.05, 0.1) is 0 Å². The highest BCUT2D eigenvalue weighted by Gasteiger charge is 2.24. The first kappa shape index (κ1) is 26.1. The zero-order valence-corrected chi connectivity index (χ0v) is 23.4. The van der Waals surface area contributed by atoms with Gasteiger partial charge in [0.15, 0.2) is 5.78 Å². The lowest BCUT2D eigenvalue weighted by Crippen LogP contribution is -2.25. The number of rotatable bonds is 10. The molecule has 6 heteroatoms. The van der Waals surface area contributed by atoms with Crippen molar-refractivity contribution in [1.29, 1.82) is 0 Å². The minimum absolute atomic E-state index is 0.0398. The molecule has 1 atom stereocenters. The number of ether oxygens (including phenoxy) is 2. The van der Waals surface area contributed by atoms with Crippen LogP contribution in [0.3, 0.4) is 0 Å². The van der Waals surface area contributed by atoms with Crippen molar-refractivity contribution in [2.24, 2.45) is 0 Å². The van der Waals surface area contributed by atoms with E-state index in [1.807, 2.05) is 48.5 Å². The van der Waals surface area contributed by atoms with Crippen LogP contribution in [0, 0.1) is 0 Å². The zero-order chi connectivity index (χ0) is 26.6. The second kappa shape index (κ2) is 11.9. The summed E-state index contributed by atoms with van der Waals surface area (Å²) in [5, 5.41) is 0.999. The second-order valence-corrected chi connectivity index (χ2v) is 11.6. The van der Waals surface area contributed by atoms with E-state index in [1.165, 1.54) is 25.9 Å². The number of carbonyl (C=O) groups is 1. The van der Waals surface area contributed by atoms with E-state index in [0.29, 0.717) is 12.2 Å². The predicted octanol–water partition coefficient (Wildman–Crippen LogP) is 6.75. The average molecular weight is 541 g/mol. The molecule has 5 nitrogen and oxygen atoms in total. The standard InChI is InChI=1S/C33H36N2O3S/c1-2-34-20-17-28(23-34)38-27-15-9-24(10-16-27)32(36)31-29-7-3-4-8-30(29)39-33(31)25-11-13-26(14-12-25)37-22-21-35-18-5-6-19-35/h3-4,7-16,28H,2,5-6,17-23H2,1H3. The van der Waals surface area contributed by atoms with Crippen LogP contribution in [0.5, 0.6) is 11.5 Å². The van der Waals surface area contributed by atoms with E-state index in [1.54, 1.807) is 11.3 Å². The van der Waals surface area contributed by atoms with Gasteiger partial charge in [-0.05, 0) is 99.1 Å². The van der Waals surface area contributed by atoms with Crippen LogP contribution in [0.15, 0.2) is 72.8 Å². The molecule has 0 aliphatic carbocycles. The van der Waals surface area contributed by atoms with Gasteiger partial charge >= 0.3 is 0 Å². The molecule has 202 valence electrons. The summed E-state index contributed by atoms with van der Waals surface area (Å²) in [7, 11) is 0. The third-order valence-corrected chi connectivity index (χ3v) is 9.13. The molecule has 3 aromatic carbocycles. The number of hydrogen-bond acceptors (Lipinski definition) is 6. The Balaban J connectivity index is 1.20. The van der Waals surface area contributed by atoms with Gasteiger partial charge in [0.25, 0.3) is 0 Å². The number of fused-ring (bicyclic) bond motifs is 1. The van der Waals surface area contributed by atoms with E-state index in [9.17, 15) is 4.79 Å². The quantitative estimate of drug-likeness (QED) is 0.208. The Hall–Kier alpha value is -3.19. The first-order valence-electron chi connectivity index (χ1n) is 14.2. The van der Waals surface area contributed by atoms with Gasteiger partial charge in [-0.25, -0.2) is 0 Å².